The molecule has 0 bridgehead atoms. The Morgan fingerprint density at radius 1 is 0.951 bits per heavy atom. The summed E-state index contributed by atoms with van der Waals surface area (Å²) in [4.78, 5) is 33.4. The molecule has 1 aromatic carbocycles. The van der Waals surface area contributed by atoms with Crippen LogP contribution in [0.25, 0.3) is 11.4 Å². The maximum atomic E-state index is 14.7. The lowest BCUT2D eigenvalue weighted by Crippen LogP contribution is -2.58. The van der Waals surface area contributed by atoms with Gasteiger partial charge in [0, 0.05) is 52.0 Å². The Morgan fingerprint density at radius 3 is 2.37 bits per heavy atom. The van der Waals surface area contributed by atoms with E-state index < -0.39 is 35.6 Å². The Balaban J connectivity index is 1.12. The predicted octanol–water partition coefficient (Wildman–Crippen LogP) is 2.99. The molecule has 3 aromatic rings. The summed E-state index contributed by atoms with van der Waals surface area (Å²) in [5.74, 6) is -2.48. The minimum Gasteiger partial charge on any atom is -0.483 e. The third-order valence-electron chi connectivity index (χ3n) is 7.41. The molecule has 14 heteroatoms. The maximum absolute atomic E-state index is 14.7. The van der Waals surface area contributed by atoms with Crippen molar-refractivity contribution in [2.45, 2.75) is 24.7 Å². The first-order valence-electron chi connectivity index (χ1n) is 12.9. The molecule has 5 heterocycles. The molecule has 0 radical (unpaired) electrons. The average molecular weight is 570 g/mol. The highest BCUT2D eigenvalue weighted by Crippen LogP contribution is 2.33. The molecule has 41 heavy (non-hydrogen) atoms. The normalized spacial score (nSPS) is 19.0. The Bertz CT molecular complexity index is 1510. The molecule has 0 N–H and O–H groups in total. The van der Waals surface area contributed by atoms with Crippen molar-refractivity contribution in [3.05, 3.63) is 65.2 Å². The van der Waals surface area contributed by atoms with Gasteiger partial charge in [0.05, 0.1) is 54.6 Å². The zero-order valence-electron chi connectivity index (χ0n) is 22.2. The summed E-state index contributed by atoms with van der Waals surface area (Å²) in [7, 11) is 3.25. The maximum Gasteiger partial charge on any atom is 0.341 e. The van der Waals surface area contributed by atoms with Crippen LogP contribution in [0.3, 0.4) is 0 Å². The standard InChI is InChI=1S/C27H26F3N7O4/c1-34-25(20(9-33-34)26(38)35-11-18(12-35)40-2)22-8-24(21(30)10-31-22)41-19-13-36(14-19)27(39)37-23(3-4-32-37)15-5-16(28)7-17(29)6-15/h4-10,18-19,23H,3,11-14H2,1-2H3. The number of urea groups is 1. The molecular weight excluding hydrogens is 543 g/mol. The van der Waals surface area contributed by atoms with Gasteiger partial charge in [0.1, 0.15) is 17.7 Å². The van der Waals surface area contributed by atoms with Crippen molar-refractivity contribution < 1.29 is 32.2 Å². The highest BCUT2D eigenvalue weighted by atomic mass is 19.1. The number of methoxy groups -OCH3 is 1. The minimum absolute atomic E-state index is 0.00978. The van der Waals surface area contributed by atoms with Crippen molar-refractivity contribution in [1.82, 2.24) is 29.6 Å². The van der Waals surface area contributed by atoms with Gasteiger partial charge in [0.2, 0.25) is 0 Å². The lowest BCUT2D eigenvalue weighted by Gasteiger charge is -2.41. The smallest absolute Gasteiger partial charge is 0.341 e. The monoisotopic (exact) mass is 569 g/mol. The van der Waals surface area contributed by atoms with Crippen molar-refractivity contribution in [2.75, 3.05) is 33.3 Å². The number of hydrazone groups is 1. The van der Waals surface area contributed by atoms with E-state index in [1.807, 2.05) is 0 Å². The number of carbonyl (C=O) groups is 2. The van der Waals surface area contributed by atoms with Gasteiger partial charge in [0.15, 0.2) is 11.6 Å². The number of aromatic nitrogens is 3. The van der Waals surface area contributed by atoms with Gasteiger partial charge in [-0.05, 0) is 17.7 Å². The Kier molecular flexibility index (Phi) is 6.85. The highest BCUT2D eigenvalue weighted by Gasteiger charge is 2.39. The van der Waals surface area contributed by atoms with Gasteiger partial charge in [-0.1, -0.05) is 0 Å². The first-order valence-corrected chi connectivity index (χ1v) is 12.9. The molecule has 2 aromatic heterocycles. The van der Waals surface area contributed by atoms with Crippen molar-refractivity contribution >= 4 is 18.2 Å². The number of hydrogen-bond acceptors (Lipinski definition) is 7. The second kappa shape index (κ2) is 10.5. The van der Waals surface area contributed by atoms with Gasteiger partial charge < -0.3 is 19.3 Å². The van der Waals surface area contributed by atoms with E-state index in [1.54, 1.807) is 19.1 Å². The van der Waals surface area contributed by atoms with Gasteiger partial charge in [-0.15, -0.1) is 0 Å². The second-order valence-electron chi connectivity index (χ2n) is 10.1. The number of hydrogen-bond donors (Lipinski definition) is 0. The predicted molar refractivity (Wildman–Crippen MR) is 139 cm³/mol. The van der Waals surface area contributed by atoms with Crippen LogP contribution in [-0.4, -0.2) is 93.2 Å². The van der Waals surface area contributed by atoms with Crippen LogP contribution in [0.4, 0.5) is 18.0 Å². The molecule has 2 saturated heterocycles. The Morgan fingerprint density at radius 2 is 1.66 bits per heavy atom. The van der Waals surface area contributed by atoms with Crippen LogP contribution < -0.4 is 4.74 Å². The van der Waals surface area contributed by atoms with Crippen LogP contribution in [0.5, 0.6) is 5.75 Å². The molecule has 3 aliphatic rings. The summed E-state index contributed by atoms with van der Waals surface area (Å²) in [5.41, 5.74) is 1.34. The third kappa shape index (κ3) is 4.99. The first kappa shape index (κ1) is 26.7. The summed E-state index contributed by atoms with van der Waals surface area (Å²) in [5, 5.41) is 9.48. The van der Waals surface area contributed by atoms with Crippen molar-refractivity contribution in [1.29, 1.82) is 0 Å². The number of nitrogens with zero attached hydrogens (tertiary/aromatic N) is 7. The summed E-state index contributed by atoms with van der Waals surface area (Å²) in [6.45, 7) is 1.23. The summed E-state index contributed by atoms with van der Waals surface area (Å²) < 4.78 is 54.8. The Hall–Kier alpha value is -4.46. The summed E-state index contributed by atoms with van der Waals surface area (Å²) in [6.07, 6.45) is 3.77. The number of likely N-dealkylation sites (tertiary alicyclic amines) is 2. The topological polar surface area (TPSA) is 105 Å². The van der Waals surface area contributed by atoms with Crippen LogP contribution in [-0.2, 0) is 11.8 Å². The lowest BCUT2D eigenvalue weighted by atomic mass is 10.0. The number of benzene rings is 1. The van der Waals surface area contributed by atoms with E-state index in [0.29, 0.717) is 42.0 Å². The number of rotatable bonds is 6. The fourth-order valence-corrected chi connectivity index (χ4v) is 5.10. The molecule has 6 rings (SSSR count). The molecule has 0 spiro atoms. The van der Waals surface area contributed by atoms with E-state index in [0.717, 1.165) is 12.3 Å². The van der Waals surface area contributed by atoms with Crippen LogP contribution in [0.1, 0.15) is 28.4 Å². The highest BCUT2D eigenvalue weighted by molar-refractivity contribution is 6.00. The van der Waals surface area contributed by atoms with E-state index in [9.17, 15) is 22.8 Å². The molecule has 214 valence electrons. The van der Waals surface area contributed by atoms with Crippen LogP contribution >= 0.6 is 0 Å². The van der Waals surface area contributed by atoms with Gasteiger partial charge in [-0.2, -0.15) is 10.2 Å². The van der Waals surface area contributed by atoms with Crippen LogP contribution in [0, 0.1) is 17.5 Å². The van der Waals surface area contributed by atoms with Gasteiger partial charge >= 0.3 is 6.03 Å². The quantitative estimate of drug-likeness (QED) is 0.452. The van der Waals surface area contributed by atoms with E-state index in [-0.39, 0.29) is 30.9 Å². The van der Waals surface area contributed by atoms with Crippen LogP contribution in [0.15, 0.2) is 41.8 Å². The number of amides is 3. The zero-order chi connectivity index (χ0) is 28.8. The number of aryl methyl sites for hydroxylation is 1. The molecule has 0 aliphatic carbocycles. The molecular formula is C27H26F3N7O4. The van der Waals surface area contributed by atoms with E-state index in [1.165, 1.54) is 45.2 Å². The Labute approximate surface area is 232 Å². The molecule has 1 unspecified atom stereocenters. The molecule has 0 saturated carbocycles. The molecule has 3 aliphatic heterocycles. The van der Waals surface area contributed by atoms with Crippen LogP contribution in [0.2, 0.25) is 0 Å². The third-order valence-corrected chi connectivity index (χ3v) is 7.41. The summed E-state index contributed by atoms with van der Waals surface area (Å²) >= 11 is 0. The van der Waals surface area contributed by atoms with Crippen molar-refractivity contribution in [3.63, 3.8) is 0 Å². The number of pyridine rings is 1. The largest absolute Gasteiger partial charge is 0.483 e. The molecule has 1 atom stereocenters. The number of ether oxygens (including phenoxy) is 2. The van der Waals surface area contributed by atoms with E-state index >= 15 is 0 Å². The SMILES string of the molecule is COC1CN(C(=O)c2cnn(C)c2-c2cc(OC3CN(C(=O)N4N=CCC4c4cc(F)cc(F)c4)C3)c(F)cn2)C1. The summed E-state index contributed by atoms with van der Waals surface area (Å²) in [6, 6.07) is 3.43. The molecule has 2 fully saturated rings. The van der Waals surface area contributed by atoms with Gasteiger partial charge in [-0.25, -0.2) is 23.0 Å². The van der Waals surface area contributed by atoms with Crippen molar-refractivity contribution in [2.24, 2.45) is 12.1 Å². The number of halogens is 3. The van der Waals surface area contributed by atoms with Crippen molar-refractivity contribution in [3.8, 4) is 17.1 Å². The zero-order valence-corrected chi connectivity index (χ0v) is 22.2. The van der Waals surface area contributed by atoms with Gasteiger partial charge in [0.25, 0.3) is 5.91 Å². The van der Waals surface area contributed by atoms with Gasteiger partial charge in [-0.3, -0.25) is 14.5 Å². The average Bonchev–Trinajstić information content (AvgIpc) is 3.52. The fraction of sp³-hybridized carbons (Fsp3) is 0.370. The minimum atomic E-state index is -0.738. The molecule has 11 nitrogen and oxygen atoms in total. The number of carbonyl (C=O) groups excluding carboxylic acids is 2. The second-order valence-corrected chi connectivity index (χ2v) is 10.1. The molecule has 3 amide bonds. The fourth-order valence-electron chi connectivity index (χ4n) is 5.10. The van der Waals surface area contributed by atoms with E-state index in [2.05, 4.69) is 15.2 Å². The first-order chi connectivity index (χ1) is 19.7. The lowest BCUT2D eigenvalue weighted by molar-refractivity contribution is -0.0191. The van der Waals surface area contributed by atoms with E-state index in [4.69, 9.17) is 9.47 Å².